The molecule has 1 aromatic heterocycles. The van der Waals surface area contributed by atoms with Gasteiger partial charge in [-0.25, -0.2) is 0 Å². The lowest BCUT2D eigenvalue weighted by atomic mass is 10.1. The highest BCUT2D eigenvalue weighted by Crippen LogP contribution is 2.25. The molecule has 0 spiro atoms. The predicted molar refractivity (Wildman–Crippen MR) is 64.9 cm³/mol. The van der Waals surface area contributed by atoms with Gasteiger partial charge in [0.15, 0.2) is 0 Å². The molecule has 0 amide bonds. The van der Waals surface area contributed by atoms with Crippen LogP contribution in [0.15, 0.2) is 9.97 Å². The minimum atomic E-state index is -0.498. The first-order chi connectivity index (χ1) is 8.08. The Hall–Kier alpha value is -2.16. The van der Waals surface area contributed by atoms with Gasteiger partial charge in [0.1, 0.15) is 11.6 Å². The van der Waals surface area contributed by atoms with Crippen molar-refractivity contribution in [3.63, 3.8) is 0 Å². The molecule has 17 heavy (non-hydrogen) atoms. The summed E-state index contributed by atoms with van der Waals surface area (Å²) in [6.07, 6.45) is 1.58. The summed E-state index contributed by atoms with van der Waals surface area (Å²) in [5.41, 5.74) is 5.61. The third kappa shape index (κ3) is 2.18. The van der Waals surface area contributed by atoms with E-state index in [-0.39, 0.29) is 17.1 Å². The van der Waals surface area contributed by atoms with Crippen molar-refractivity contribution in [2.45, 2.75) is 33.2 Å². The van der Waals surface area contributed by atoms with Crippen LogP contribution in [0.1, 0.15) is 30.9 Å². The van der Waals surface area contributed by atoms with Crippen LogP contribution < -0.4 is 11.3 Å². The molecule has 0 aliphatic heterocycles. The van der Waals surface area contributed by atoms with Crippen LogP contribution in [-0.4, -0.2) is 4.57 Å². The molecule has 0 atom stereocenters. The van der Waals surface area contributed by atoms with Gasteiger partial charge >= 0.3 is 0 Å². The molecule has 2 N–H and O–H groups in total. The van der Waals surface area contributed by atoms with Gasteiger partial charge in [-0.05, 0) is 24.1 Å². The first-order valence-corrected chi connectivity index (χ1v) is 5.34. The number of pyridine rings is 1. The minimum Gasteiger partial charge on any atom is -0.395 e. The van der Waals surface area contributed by atoms with Gasteiger partial charge in [0.05, 0.1) is 5.69 Å². The Balaban J connectivity index is 3.57. The van der Waals surface area contributed by atoms with E-state index in [0.717, 1.165) is 12.8 Å². The topological polar surface area (TPSA) is 101 Å². The molecule has 0 aromatic carbocycles. The fraction of sp³-hybridized carbons (Fsp3) is 0.455. The summed E-state index contributed by atoms with van der Waals surface area (Å²) in [6.45, 7) is 3.84. The highest BCUT2D eigenvalue weighted by atomic mass is 16.3. The number of nitrogen functional groups attached to an aromatic ring is 1. The van der Waals surface area contributed by atoms with Gasteiger partial charge in [-0.3, -0.25) is 9.36 Å². The average Bonchev–Trinajstić information content (AvgIpc) is 2.33. The van der Waals surface area contributed by atoms with Crippen LogP contribution in [0.4, 0.5) is 11.5 Å². The standard InChI is InChI=1S/C11H14N4O2/c1-3-4-5-15-10(14-17)9(13)7(2)8(6-12)11(15)16/h3-5,13H2,1-2H3. The molecule has 0 saturated carbocycles. The molecule has 0 aliphatic rings. The Morgan fingerprint density at radius 2 is 2.18 bits per heavy atom. The van der Waals surface area contributed by atoms with E-state index in [4.69, 9.17) is 11.0 Å². The second-order valence-corrected chi connectivity index (χ2v) is 3.75. The average molecular weight is 234 g/mol. The van der Waals surface area contributed by atoms with Crippen LogP contribution in [0.3, 0.4) is 0 Å². The molecule has 0 aliphatic carbocycles. The van der Waals surface area contributed by atoms with Gasteiger partial charge in [0.2, 0.25) is 5.82 Å². The van der Waals surface area contributed by atoms with Crippen LogP contribution in [0.25, 0.3) is 0 Å². The van der Waals surface area contributed by atoms with E-state index >= 15 is 0 Å². The highest BCUT2D eigenvalue weighted by molar-refractivity contribution is 5.66. The van der Waals surface area contributed by atoms with Crippen LogP contribution in [0.5, 0.6) is 0 Å². The van der Waals surface area contributed by atoms with Gasteiger partial charge in [0.25, 0.3) is 5.56 Å². The summed E-state index contributed by atoms with van der Waals surface area (Å²) in [5.74, 6) is -0.0834. The molecule has 0 fully saturated rings. The lowest BCUT2D eigenvalue weighted by Gasteiger charge is -2.12. The normalized spacial score (nSPS) is 9.94. The second kappa shape index (κ2) is 5.25. The molecule has 0 bridgehead atoms. The molecule has 0 unspecified atom stereocenters. The smallest absolute Gasteiger partial charge is 0.270 e. The van der Waals surface area contributed by atoms with Crippen LogP contribution in [-0.2, 0) is 6.54 Å². The maximum Gasteiger partial charge on any atom is 0.270 e. The molecule has 90 valence electrons. The van der Waals surface area contributed by atoms with E-state index in [9.17, 15) is 9.70 Å². The second-order valence-electron chi connectivity index (χ2n) is 3.75. The fourth-order valence-corrected chi connectivity index (χ4v) is 1.59. The molecular formula is C11H14N4O2. The monoisotopic (exact) mass is 234 g/mol. The molecule has 1 aromatic rings. The lowest BCUT2D eigenvalue weighted by Crippen LogP contribution is -2.25. The largest absolute Gasteiger partial charge is 0.395 e. The Labute approximate surface area is 98.6 Å². The third-order valence-corrected chi connectivity index (χ3v) is 2.67. The van der Waals surface area contributed by atoms with E-state index in [1.54, 1.807) is 0 Å². The van der Waals surface area contributed by atoms with Gasteiger partial charge in [-0.15, -0.1) is 4.91 Å². The highest BCUT2D eigenvalue weighted by Gasteiger charge is 2.17. The predicted octanol–water partition coefficient (Wildman–Crippen LogP) is 1.81. The summed E-state index contributed by atoms with van der Waals surface area (Å²) >= 11 is 0. The Morgan fingerprint density at radius 3 is 2.65 bits per heavy atom. The first kappa shape index (κ1) is 12.9. The van der Waals surface area contributed by atoms with Gasteiger partial charge in [-0.1, -0.05) is 13.3 Å². The van der Waals surface area contributed by atoms with Crippen LogP contribution >= 0.6 is 0 Å². The number of hydrogen-bond donors (Lipinski definition) is 1. The van der Waals surface area contributed by atoms with E-state index in [0.29, 0.717) is 12.1 Å². The SMILES string of the molecule is CCCCn1c(N=O)c(N)c(C)c(C#N)c1=O. The van der Waals surface area contributed by atoms with Crippen LogP contribution in [0.2, 0.25) is 0 Å². The maximum atomic E-state index is 11.9. The molecule has 1 rings (SSSR count). The number of anilines is 1. The summed E-state index contributed by atoms with van der Waals surface area (Å²) in [7, 11) is 0. The van der Waals surface area contributed by atoms with Gasteiger partial charge in [-0.2, -0.15) is 5.26 Å². The third-order valence-electron chi connectivity index (χ3n) is 2.67. The number of nitrogens with two attached hydrogens (primary N) is 1. The van der Waals surface area contributed by atoms with E-state index in [1.807, 2.05) is 13.0 Å². The molecule has 6 heteroatoms. The molecular weight excluding hydrogens is 220 g/mol. The zero-order chi connectivity index (χ0) is 13.0. The maximum absolute atomic E-state index is 11.9. The molecule has 0 radical (unpaired) electrons. The van der Waals surface area contributed by atoms with Crippen molar-refractivity contribution in [1.82, 2.24) is 4.57 Å². The van der Waals surface area contributed by atoms with Crippen molar-refractivity contribution in [2.75, 3.05) is 5.73 Å². The molecule has 0 saturated heterocycles. The van der Waals surface area contributed by atoms with Crippen molar-refractivity contribution >= 4 is 11.5 Å². The number of hydrogen-bond acceptors (Lipinski definition) is 5. The van der Waals surface area contributed by atoms with Crippen molar-refractivity contribution in [3.8, 4) is 6.07 Å². The minimum absolute atomic E-state index is 0.0222. The Kier molecular flexibility index (Phi) is 3.99. The summed E-state index contributed by atoms with van der Waals surface area (Å²) in [6, 6.07) is 1.82. The fourth-order valence-electron chi connectivity index (χ4n) is 1.59. The number of aromatic nitrogens is 1. The van der Waals surface area contributed by atoms with Crippen molar-refractivity contribution in [3.05, 3.63) is 26.4 Å². The molecule has 1 heterocycles. The number of nitriles is 1. The van der Waals surface area contributed by atoms with Crippen molar-refractivity contribution < 1.29 is 0 Å². The van der Waals surface area contributed by atoms with Crippen molar-refractivity contribution in [1.29, 1.82) is 5.26 Å². The lowest BCUT2D eigenvalue weighted by molar-refractivity contribution is 0.615. The zero-order valence-electron chi connectivity index (χ0n) is 9.86. The Bertz CT molecular complexity index is 540. The Morgan fingerprint density at radius 1 is 1.53 bits per heavy atom. The number of unbranched alkanes of at least 4 members (excludes halogenated alkanes) is 1. The van der Waals surface area contributed by atoms with E-state index in [1.165, 1.54) is 11.5 Å². The van der Waals surface area contributed by atoms with Crippen molar-refractivity contribution in [2.24, 2.45) is 5.18 Å². The van der Waals surface area contributed by atoms with E-state index in [2.05, 4.69) is 5.18 Å². The van der Waals surface area contributed by atoms with Gasteiger partial charge in [0, 0.05) is 6.54 Å². The zero-order valence-corrected chi connectivity index (χ0v) is 9.86. The number of nitroso groups, excluding NO2 is 1. The van der Waals surface area contributed by atoms with E-state index < -0.39 is 5.56 Å². The molecule has 6 nitrogen and oxygen atoms in total. The number of nitrogens with zero attached hydrogens (tertiary/aromatic N) is 3. The van der Waals surface area contributed by atoms with Gasteiger partial charge < -0.3 is 5.73 Å². The quantitative estimate of drug-likeness (QED) is 0.802. The summed E-state index contributed by atoms with van der Waals surface area (Å²) in [4.78, 5) is 22.7. The summed E-state index contributed by atoms with van der Waals surface area (Å²) < 4.78 is 1.18. The van der Waals surface area contributed by atoms with Crippen LogP contribution in [0, 0.1) is 23.2 Å². The first-order valence-electron chi connectivity index (χ1n) is 5.34. The number of rotatable bonds is 4. The summed E-state index contributed by atoms with van der Waals surface area (Å²) in [5, 5.41) is 11.7.